The number of thiazole rings is 1. The van der Waals surface area contributed by atoms with Crippen molar-refractivity contribution in [2.75, 3.05) is 44.3 Å². The minimum atomic E-state index is 0. The summed E-state index contributed by atoms with van der Waals surface area (Å²) < 4.78 is 8.47. The summed E-state index contributed by atoms with van der Waals surface area (Å²) in [6, 6.07) is 13.8. The van der Waals surface area contributed by atoms with Crippen molar-refractivity contribution < 1.29 is 9.53 Å². The van der Waals surface area contributed by atoms with E-state index in [0.717, 1.165) is 68.2 Å². The molecule has 1 aliphatic rings. The molecule has 0 N–H and O–H groups in total. The number of hydrogen-bond acceptors (Lipinski definition) is 5. The number of rotatable bonds is 6. The first-order valence-corrected chi connectivity index (χ1v) is 12.2. The van der Waals surface area contributed by atoms with Gasteiger partial charge in [0, 0.05) is 34.2 Å². The highest BCUT2D eigenvalue weighted by Crippen LogP contribution is 2.32. The van der Waals surface area contributed by atoms with Crippen LogP contribution in [0.5, 0.6) is 0 Å². The Kier molecular flexibility index (Phi) is 8.91. The smallest absolute Gasteiger partial charge is 0.261 e. The van der Waals surface area contributed by atoms with Crippen LogP contribution < -0.4 is 4.90 Å². The van der Waals surface area contributed by atoms with Crippen LogP contribution in [0, 0.1) is 3.57 Å². The zero-order valence-electron chi connectivity index (χ0n) is 16.2. The summed E-state index contributed by atoms with van der Waals surface area (Å²) in [7, 11) is 0. The van der Waals surface area contributed by atoms with E-state index in [1.54, 1.807) is 11.3 Å². The third-order valence-corrected chi connectivity index (χ3v) is 7.35. The highest BCUT2D eigenvalue weighted by molar-refractivity contribution is 14.1. The van der Waals surface area contributed by atoms with Gasteiger partial charge in [-0.2, -0.15) is 0 Å². The van der Waals surface area contributed by atoms with Gasteiger partial charge in [0.1, 0.15) is 0 Å². The number of aromatic nitrogens is 1. The molecule has 1 amide bonds. The number of ether oxygens (including phenoxy) is 1. The van der Waals surface area contributed by atoms with Gasteiger partial charge in [-0.05, 0) is 59.3 Å². The maximum absolute atomic E-state index is 13.4. The molecule has 0 atom stereocenters. The summed E-state index contributed by atoms with van der Waals surface area (Å²) in [6.45, 7) is 5.09. The molecule has 5 nitrogen and oxygen atoms in total. The van der Waals surface area contributed by atoms with Crippen LogP contribution in [0.3, 0.4) is 0 Å². The molecular weight excluding hydrogens is 601 g/mol. The van der Waals surface area contributed by atoms with Crippen molar-refractivity contribution >= 4 is 83.5 Å². The minimum absolute atomic E-state index is 0. The van der Waals surface area contributed by atoms with Crippen molar-refractivity contribution in [3.8, 4) is 0 Å². The zero-order chi connectivity index (χ0) is 20.2. The first-order valence-electron chi connectivity index (χ1n) is 9.54. The van der Waals surface area contributed by atoms with Gasteiger partial charge < -0.3 is 4.74 Å². The van der Waals surface area contributed by atoms with Crippen molar-refractivity contribution in [2.45, 2.75) is 6.42 Å². The third kappa shape index (κ3) is 5.72. The Morgan fingerprint density at radius 2 is 2.00 bits per heavy atom. The Morgan fingerprint density at radius 3 is 2.77 bits per heavy atom. The van der Waals surface area contributed by atoms with Gasteiger partial charge in [-0.15, -0.1) is 12.4 Å². The Labute approximate surface area is 208 Å². The normalized spacial score (nSPS) is 14.5. The molecule has 160 valence electrons. The fourth-order valence-corrected chi connectivity index (χ4v) is 5.50. The van der Waals surface area contributed by atoms with Gasteiger partial charge in [-0.25, -0.2) is 4.98 Å². The van der Waals surface area contributed by atoms with Crippen LogP contribution in [0.15, 0.2) is 46.9 Å². The van der Waals surface area contributed by atoms with Crippen LogP contribution in [0.2, 0.25) is 0 Å². The zero-order valence-corrected chi connectivity index (χ0v) is 21.6. The number of carbonyl (C=O) groups is 1. The summed E-state index contributed by atoms with van der Waals surface area (Å²) in [5.41, 5.74) is 1.64. The summed E-state index contributed by atoms with van der Waals surface area (Å²) in [5, 5.41) is 0.754. The SMILES string of the molecule is Cl.O=C(c1ccccc1I)N(CCCN1CCOCC1)c1nc2ccc(Br)cc2s1. The molecule has 3 aromatic rings. The Hall–Kier alpha value is -0.780. The molecule has 2 heterocycles. The molecule has 0 unspecified atom stereocenters. The molecule has 0 bridgehead atoms. The summed E-state index contributed by atoms with van der Waals surface area (Å²) in [4.78, 5) is 22.4. The second-order valence-corrected chi connectivity index (χ2v) is 9.94. The number of morpholine rings is 1. The highest BCUT2D eigenvalue weighted by Gasteiger charge is 2.23. The summed E-state index contributed by atoms with van der Waals surface area (Å²) in [6.07, 6.45) is 0.898. The minimum Gasteiger partial charge on any atom is -0.379 e. The molecule has 4 rings (SSSR count). The van der Waals surface area contributed by atoms with Gasteiger partial charge in [0.05, 0.1) is 29.0 Å². The lowest BCUT2D eigenvalue weighted by Crippen LogP contribution is -2.39. The van der Waals surface area contributed by atoms with Crippen LogP contribution >= 0.6 is 62.3 Å². The Bertz CT molecular complexity index is 1010. The van der Waals surface area contributed by atoms with Crippen LogP contribution in [0.4, 0.5) is 5.13 Å². The second kappa shape index (κ2) is 11.2. The standard InChI is InChI=1S/C21H21BrIN3O2S.ClH/c22-15-6-7-18-19(14-15)29-21(24-18)26(9-3-8-25-10-12-28-13-11-25)20(27)16-4-1-2-5-17(16)23;/h1-2,4-7,14H,3,8-13H2;1H. The quantitative estimate of drug-likeness (QED) is 0.343. The van der Waals surface area contributed by atoms with E-state index in [1.807, 2.05) is 41.3 Å². The molecule has 0 saturated carbocycles. The lowest BCUT2D eigenvalue weighted by atomic mass is 10.2. The molecule has 0 radical (unpaired) electrons. The molecule has 2 aromatic carbocycles. The third-order valence-electron chi connectivity index (χ3n) is 4.88. The first-order chi connectivity index (χ1) is 14.1. The number of benzene rings is 2. The van der Waals surface area contributed by atoms with Gasteiger partial charge in [-0.3, -0.25) is 14.6 Å². The molecule has 1 fully saturated rings. The number of nitrogens with zero attached hydrogens (tertiary/aromatic N) is 3. The maximum Gasteiger partial charge on any atom is 0.261 e. The molecule has 9 heteroatoms. The molecule has 1 aromatic heterocycles. The fourth-order valence-electron chi connectivity index (χ4n) is 3.34. The van der Waals surface area contributed by atoms with E-state index in [2.05, 4.69) is 49.5 Å². The van der Waals surface area contributed by atoms with Crippen molar-refractivity contribution in [1.29, 1.82) is 0 Å². The van der Waals surface area contributed by atoms with Crippen LogP contribution in [-0.2, 0) is 4.74 Å². The maximum atomic E-state index is 13.4. The number of carbonyl (C=O) groups excluding carboxylic acids is 1. The molecule has 0 aliphatic carbocycles. The van der Waals surface area contributed by atoms with Gasteiger partial charge in [0.25, 0.3) is 5.91 Å². The van der Waals surface area contributed by atoms with Crippen LogP contribution in [0.25, 0.3) is 10.2 Å². The van der Waals surface area contributed by atoms with Crippen molar-refractivity contribution in [1.82, 2.24) is 9.88 Å². The van der Waals surface area contributed by atoms with E-state index in [9.17, 15) is 4.79 Å². The van der Waals surface area contributed by atoms with E-state index in [-0.39, 0.29) is 18.3 Å². The predicted octanol–water partition coefficient (Wildman–Crippen LogP) is 5.45. The predicted molar refractivity (Wildman–Crippen MR) is 137 cm³/mol. The Morgan fingerprint density at radius 1 is 1.23 bits per heavy atom. The van der Waals surface area contributed by atoms with E-state index in [4.69, 9.17) is 9.72 Å². The number of fused-ring (bicyclic) bond motifs is 1. The fraction of sp³-hybridized carbons (Fsp3) is 0.333. The van der Waals surface area contributed by atoms with E-state index >= 15 is 0 Å². The number of halogens is 3. The highest BCUT2D eigenvalue weighted by atomic mass is 127. The van der Waals surface area contributed by atoms with Crippen LogP contribution in [0.1, 0.15) is 16.8 Å². The van der Waals surface area contributed by atoms with Crippen molar-refractivity contribution in [3.05, 3.63) is 56.1 Å². The second-order valence-electron chi connectivity index (χ2n) is 6.85. The van der Waals surface area contributed by atoms with E-state index in [1.165, 1.54) is 0 Å². The molecule has 30 heavy (non-hydrogen) atoms. The first kappa shape index (κ1) is 23.9. The van der Waals surface area contributed by atoms with Gasteiger partial charge in [0.15, 0.2) is 5.13 Å². The molecule has 1 aliphatic heterocycles. The Balaban J connectivity index is 0.00000256. The van der Waals surface area contributed by atoms with Crippen molar-refractivity contribution in [3.63, 3.8) is 0 Å². The monoisotopic (exact) mass is 621 g/mol. The average molecular weight is 623 g/mol. The number of hydrogen-bond donors (Lipinski definition) is 0. The molecular formula is C21H22BrClIN3O2S. The van der Waals surface area contributed by atoms with Crippen LogP contribution in [-0.4, -0.2) is 55.2 Å². The lowest BCUT2D eigenvalue weighted by molar-refractivity contribution is 0.0376. The molecule has 0 spiro atoms. The number of amides is 1. The largest absolute Gasteiger partial charge is 0.379 e. The summed E-state index contributed by atoms with van der Waals surface area (Å²) >= 11 is 7.31. The lowest BCUT2D eigenvalue weighted by Gasteiger charge is -2.27. The van der Waals surface area contributed by atoms with Gasteiger partial charge >= 0.3 is 0 Å². The summed E-state index contributed by atoms with van der Waals surface area (Å²) in [5.74, 6) is 0.00935. The van der Waals surface area contributed by atoms with Gasteiger partial charge in [0.2, 0.25) is 0 Å². The topological polar surface area (TPSA) is 45.7 Å². The van der Waals surface area contributed by atoms with E-state index < -0.39 is 0 Å². The van der Waals surface area contributed by atoms with Gasteiger partial charge in [-0.1, -0.05) is 39.4 Å². The average Bonchev–Trinajstić information content (AvgIpc) is 3.14. The van der Waals surface area contributed by atoms with Crippen molar-refractivity contribution in [2.24, 2.45) is 0 Å². The number of anilines is 1. The molecule has 1 saturated heterocycles. The van der Waals surface area contributed by atoms with E-state index in [0.29, 0.717) is 6.54 Å².